The van der Waals surface area contributed by atoms with E-state index in [9.17, 15) is 8.42 Å². The number of ether oxygens (including phenoxy) is 1. The summed E-state index contributed by atoms with van der Waals surface area (Å²) in [6.07, 6.45) is 0.582. The second-order valence-corrected chi connectivity index (χ2v) is 5.09. The first-order valence-electron chi connectivity index (χ1n) is 5.30. The lowest BCUT2D eigenvalue weighted by Crippen LogP contribution is -2.30. The number of hydrogen-bond donors (Lipinski definition) is 1. The Morgan fingerprint density at radius 3 is 2.40 bits per heavy atom. The third-order valence-corrected chi connectivity index (χ3v) is 2.96. The average molecular weight is 238 g/mol. The molecule has 0 aliphatic rings. The molecule has 0 amide bonds. The Morgan fingerprint density at radius 1 is 1.27 bits per heavy atom. The number of nitrogens with two attached hydrogens (primary N) is 1. The van der Waals surface area contributed by atoms with Gasteiger partial charge in [0.1, 0.15) is 0 Å². The smallest absolute Gasteiger partial charge is 0.209 e. The van der Waals surface area contributed by atoms with Gasteiger partial charge < -0.3 is 9.64 Å². The number of primary sulfonamides is 1. The molecule has 0 aliphatic heterocycles. The summed E-state index contributed by atoms with van der Waals surface area (Å²) in [5.41, 5.74) is 0. The molecule has 0 radical (unpaired) electrons. The van der Waals surface area contributed by atoms with Crippen LogP contribution in [0.25, 0.3) is 0 Å². The van der Waals surface area contributed by atoms with Gasteiger partial charge >= 0.3 is 0 Å². The Morgan fingerprint density at radius 2 is 1.93 bits per heavy atom. The van der Waals surface area contributed by atoms with Crippen LogP contribution in [0.15, 0.2) is 0 Å². The molecule has 0 unspecified atom stereocenters. The maximum absolute atomic E-state index is 10.7. The lowest BCUT2D eigenvalue weighted by atomic mass is 10.4. The quantitative estimate of drug-likeness (QED) is 0.575. The minimum atomic E-state index is -3.31. The Kier molecular flexibility index (Phi) is 7.95. The fourth-order valence-corrected chi connectivity index (χ4v) is 1.79. The molecule has 0 atom stereocenters. The molecular formula is C9H22N2O3S. The molecule has 0 aromatic heterocycles. The Balaban J connectivity index is 3.61. The van der Waals surface area contributed by atoms with E-state index in [1.54, 1.807) is 0 Å². The lowest BCUT2D eigenvalue weighted by molar-refractivity contribution is 0.115. The van der Waals surface area contributed by atoms with Crippen LogP contribution in [0.1, 0.15) is 20.3 Å². The van der Waals surface area contributed by atoms with Crippen LogP contribution < -0.4 is 5.14 Å². The van der Waals surface area contributed by atoms with Gasteiger partial charge in [-0.1, -0.05) is 6.92 Å². The van der Waals surface area contributed by atoms with E-state index < -0.39 is 10.0 Å². The van der Waals surface area contributed by atoms with E-state index in [0.717, 1.165) is 19.6 Å². The molecular weight excluding hydrogens is 216 g/mol. The van der Waals surface area contributed by atoms with Gasteiger partial charge in [-0.25, -0.2) is 13.6 Å². The SMILES string of the molecule is CCOCCN(CC)CCCS(N)(=O)=O. The van der Waals surface area contributed by atoms with Crippen molar-refractivity contribution in [1.82, 2.24) is 4.90 Å². The molecule has 92 valence electrons. The topological polar surface area (TPSA) is 72.6 Å². The van der Waals surface area contributed by atoms with Gasteiger partial charge in [0.2, 0.25) is 10.0 Å². The minimum Gasteiger partial charge on any atom is -0.380 e. The highest BCUT2D eigenvalue weighted by atomic mass is 32.2. The van der Waals surface area contributed by atoms with E-state index in [1.165, 1.54) is 0 Å². The Hall–Kier alpha value is -0.170. The van der Waals surface area contributed by atoms with Gasteiger partial charge in [0, 0.05) is 13.2 Å². The van der Waals surface area contributed by atoms with Crippen LogP contribution in [0.3, 0.4) is 0 Å². The van der Waals surface area contributed by atoms with Gasteiger partial charge in [0.25, 0.3) is 0 Å². The summed E-state index contributed by atoms with van der Waals surface area (Å²) in [6.45, 7) is 7.90. The predicted molar refractivity (Wildman–Crippen MR) is 61.2 cm³/mol. The molecule has 5 nitrogen and oxygen atoms in total. The van der Waals surface area contributed by atoms with E-state index in [2.05, 4.69) is 4.90 Å². The van der Waals surface area contributed by atoms with Gasteiger partial charge in [0.15, 0.2) is 0 Å². The molecule has 0 spiro atoms. The molecule has 0 saturated carbocycles. The fourth-order valence-electron chi connectivity index (χ4n) is 1.26. The molecule has 0 saturated heterocycles. The molecule has 0 rings (SSSR count). The maximum atomic E-state index is 10.7. The average Bonchev–Trinajstić information content (AvgIpc) is 2.14. The zero-order chi connectivity index (χ0) is 11.7. The number of nitrogens with zero attached hydrogens (tertiary/aromatic N) is 1. The number of sulfonamides is 1. The maximum Gasteiger partial charge on any atom is 0.209 e. The van der Waals surface area contributed by atoms with E-state index in [-0.39, 0.29) is 5.75 Å². The van der Waals surface area contributed by atoms with E-state index in [0.29, 0.717) is 19.6 Å². The van der Waals surface area contributed by atoms with Gasteiger partial charge in [-0.15, -0.1) is 0 Å². The van der Waals surface area contributed by atoms with Gasteiger partial charge in [-0.3, -0.25) is 0 Å². The van der Waals surface area contributed by atoms with Crippen LogP contribution in [0, 0.1) is 0 Å². The van der Waals surface area contributed by atoms with Crippen LogP contribution in [0.4, 0.5) is 0 Å². The third-order valence-electron chi connectivity index (χ3n) is 2.11. The first kappa shape index (κ1) is 14.8. The van der Waals surface area contributed by atoms with E-state index >= 15 is 0 Å². The van der Waals surface area contributed by atoms with Crippen molar-refractivity contribution < 1.29 is 13.2 Å². The van der Waals surface area contributed by atoms with Crippen molar-refractivity contribution >= 4 is 10.0 Å². The van der Waals surface area contributed by atoms with Crippen LogP contribution in [-0.4, -0.2) is 51.9 Å². The summed E-state index contributed by atoms with van der Waals surface area (Å²) in [5, 5.41) is 4.91. The standard InChI is InChI=1S/C9H22N2O3S/c1-3-11(7-8-14-4-2)6-5-9-15(10,12)13/h3-9H2,1-2H3,(H2,10,12,13). The molecule has 15 heavy (non-hydrogen) atoms. The van der Waals surface area contributed by atoms with E-state index in [4.69, 9.17) is 9.88 Å². The highest BCUT2D eigenvalue weighted by Crippen LogP contribution is 1.93. The zero-order valence-electron chi connectivity index (χ0n) is 9.61. The summed E-state index contributed by atoms with van der Waals surface area (Å²) in [5.74, 6) is 0.0537. The summed E-state index contributed by atoms with van der Waals surface area (Å²) in [6, 6.07) is 0. The van der Waals surface area contributed by atoms with Gasteiger partial charge in [-0.2, -0.15) is 0 Å². The zero-order valence-corrected chi connectivity index (χ0v) is 10.4. The first-order valence-corrected chi connectivity index (χ1v) is 7.01. The third kappa shape index (κ3) is 10.1. The molecule has 0 bridgehead atoms. The lowest BCUT2D eigenvalue weighted by Gasteiger charge is -2.19. The van der Waals surface area contributed by atoms with Gasteiger partial charge in [0.05, 0.1) is 12.4 Å². The van der Waals surface area contributed by atoms with Crippen molar-refractivity contribution in [3.05, 3.63) is 0 Å². The largest absolute Gasteiger partial charge is 0.380 e. The van der Waals surface area contributed by atoms with Crippen LogP contribution in [0.2, 0.25) is 0 Å². The minimum absolute atomic E-state index is 0.0537. The molecule has 0 aliphatic carbocycles. The number of rotatable bonds is 9. The van der Waals surface area contributed by atoms with Crippen LogP contribution in [-0.2, 0) is 14.8 Å². The van der Waals surface area contributed by atoms with Crippen LogP contribution in [0.5, 0.6) is 0 Å². The fraction of sp³-hybridized carbons (Fsp3) is 1.00. The summed E-state index contributed by atoms with van der Waals surface area (Å²) < 4.78 is 26.6. The highest BCUT2D eigenvalue weighted by molar-refractivity contribution is 7.89. The monoisotopic (exact) mass is 238 g/mol. The summed E-state index contributed by atoms with van der Waals surface area (Å²) in [4.78, 5) is 2.15. The highest BCUT2D eigenvalue weighted by Gasteiger charge is 2.05. The number of likely N-dealkylation sites (N-methyl/N-ethyl adjacent to an activating group) is 1. The molecule has 0 aromatic rings. The van der Waals surface area contributed by atoms with Crippen molar-refractivity contribution in [1.29, 1.82) is 0 Å². The molecule has 6 heteroatoms. The molecule has 2 N–H and O–H groups in total. The number of hydrogen-bond acceptors (Lipinski definition) is 4. The van der Waals surface area contributed by atoms with Gasteiger partial charge in [-0.05, 0) is 26.4 Å². The first-order chi connectivity index (χ1) is 6.99. The Bertz CT molecular complexity index is 242. The summed E-state index contributed by atoms with van der Waals surface area (Å²) >= 11 is 0. The van der Waals surface area contributed by atoms with Crippen molar-refractivity contribution in [3.8, 4) is 0 Å². The summed E-state index contributed by atoms with van der Waals surface area (Å²) in [7, 11) is -3.31. The predicted octanol–water partition coefficient (Wildman–Crippen LogP) is 0.0234. The van der Waals surface area contributed by atoms with Crippen molar-refractivity contribution in [2.75, 3.05) is 38.6 Å². The molecule has 0 fully saturated rings. The second kappa shape index (κ2) is 8.04. The van der Waals surface area contributed by atoms with Crippen molar-refractivity contribution in [2.45, 2.75) is 20.3 Å². The van der Waals surface area contributed by atoms with Crippen molar-refractivity contribution in [3.63, 3.8) is 0 Å². The molecule has 0 heterocycles. The normalized spacial score (nSPS) is 12.3. The van der Waals surface area contributed by atoms with Crippen LogP contribution >= 0.6 is 0 Å². The van der Waals surface area contributed by atoms with Crippen molar-refractivity contribution in [2.24, 2.45) is 5.14 Å². The second-order valence-electron chi connectivity index (χ2n) is 3.35. The molecule has 0 aromatic carbocycles. The van der Waals surface area contributed by atoms with E-state index in [1.807, 2.05) is 13.8 Å². The Labute approximate surface area is 92.6 Å².